The van der Waals surface area contributed by atoms with Crippen molar-refractivity contribution in [3.05, 3.63) is 35.4 Å². The minimum absolute atomic E-state index is 0.396. The molecule has 1 aliphatic rings. The van der Waals surface area contributed by atoms with Crippen LogP contribution in [0.15, 0.2) is 24.3 Å². The lowest BCUT2D eigenvalue weighted by atomic mass is 9.82. The zero-order chi connectivity index (χ0) is 15.2. The predicted molar refractivity (Wildman–Crippen MR) is 89.5 cm³/mol. The summed E-state index contributed by atoms with van der Waals surface area (Å²) >= 11 is 0. The average molecular weight is 289 g/mol. The van der Waals surface area contributed by atoms with Gasteiger partial charge in [0.25, 0.3) is 0 Å². The molecule has 1 aliphatic carbocycles. The molecule has 1 aromatic carbocycles. The lowest BCUT2D eigenvalue weighted by Gasteiger charge is -2.27. The molecule has 3 unspecified atom stereocenters. The lowest BCUT2D eigenvalue weighted by molar-refractivity contribution is 0.169. The van der Waals surface area contributed by atoms with Gasteiger partial charge in [-0.3, -0.25) is 0 Å². The van der Waals surface area contributed by atoms with Crippen LogP contribution in [0, 0.1) is 11.8 Å². The molecular formula is C19H31NO. The Morgan fingerprint density at radius 3 is 2.43 bits per heavy atom. The molecule has 2 rings (SSSR count). The molecule has 0 amide bonds. The van der Waals surface area contributed by atoms with Crippen molar-refractivity contribution in [1.82, 2.24) is 5.32 Å². The van der Waals surface area contributed by atoms with Gasteiger partial charge in [0.2, 0.25) is 0 Å². The summed E-state index contributed by atoms with van der Waals surface area (Å²) < 4.78 is 0. The third-order valence-electron chi connectivity index (χ3n) is 4.80. The second-order valence-electron chi connectivity index (χ2n) is 7.13. The van der Waals surface area contributed by atoms with Crippen LogP contribution >= 0.6 is 0 Å². The summed E-state index contributed by atoms with van der Waals surface area (Å²) in [4.78, 5) is 0. The number of hydrogen-bond acceptors (Lipinski definition) is 2. The molecule has 0 bridgehead atoms. The summed E-state index contributed by atoms with van der Waals surface area (Å²) in [5, 5.41) is 13.7. The van der Waals surface area contributed by atoms with Crippen molar-refractivity contribution in [3.8, 4) is 0 Å². The maximum absolute atomic E-state index is 10.3. The standard InChI is InChI=1S/C19H31NO/c1-14(2)17-7-9-18(10-8-17)19(21)13-20-12-16-6-4-5-15(3)11-16/h7-10,14-16,19-21H,4-6,11-13H2,1-3H3. The van der Waals surface area contributed by atoms with Crippen molar-refractivity contribution < 1.29 is 5.11 Å². The lowest BCUT2D eigenvalue weighted by Crippen LogP contribution is -2.29. The van der Waals surface area contributed by atoms with Crippen LogP contribution in [0.1, 0.15) is 69.6 Å². The highest BCUT2D eigenvalue weighted by atomic mass is 16.3. The van der Waals surface area contributed by atoms with Gasteiger partial charge in [-0.2, -0.15) is 0 Å². The molecule has 0 spiro atoms. The SMILES string of the molecule is CC1CCCC(CNCC(O)c2ccc(C(C)C)cc2)C1. The molecule has 1 fully saturated rings. The monoisotopic (exact) mass is 289 g/mol. The molecule has 0 saturated heterocycles. The third-order valence-corrected chi connectivity index (χ3v) is 4.80. The van der Waals surface area contributed by atoms with Gasteiger partial charge >= 0.3 is 0 Å². The first-order valence-electron chi connectivity index (χ1n) is 8.55. The van der Waals surface area contributed by atoms with Crippen LogP contribution in [-0.4, -0.2) is 18.2 Å². The Labute approximate surface area is 130 Å². The molecule has 0 aromatic heterocycles. The van der Waals surface area contributed by atoms with E-state index in [1.165, 1.54) is 31.2 Å². The van der Waals surface area contributed by atoms with Crippen molar-refractivity contribution in [2.45, 2.75) is 58.5 Å². The van der Waals surface area contributed by atoms with E-state index in [9.17, 15) is 5.11 Å². The number of aliphatic hydroxyl groups is 1. The second-order valence-corrected chi connectivity index (χ2v) is 7.13. The Morgan fingerprint density at radius 1 is 1.14 bits per heavy atom. The summed E-state index contributed by atoms with van der Waals surface area (Å²) in [5.74, 6) is 2.21. The Balaban J connectivity index is 1.75. The molecule has 1 aromatic rings. The Morgan fingerprint density at radius 2 is 1.81 bits per heavy atom. The van der Waals surface area contributed by atoms with E-state index in [0.717, 1.165) is 23.9 Å². The third kappa shape index (κ3) is 5.12. The highest BCUT2D eigenvalue weighted by molar-refractivity contribution is 5.26. The van der Waals surface area contributed by atoms with E-state index in [0.29, 0.717) is 12.5 Å². The summed E-state index contributed by atoms with van der Waals surface area (Å²) in [7, 11) is 0. The zero-order valence-corrected chi connectivity index (χ0v) is 13.8. The minimum Gasteiger partial charge on any atom is -0.387 e. The largest absolute Gasteiger partial charge is 0.387 e. The number of aliphatic hydroxyl groups excluding tert-OH is 1. The molecule has 0 heterocycles. The van der Waals surface area contributed by atoms with Crippen LogP contribution < -0.4 is 5.32 Å². The summed E-state index contributed by atoms with van der Waals surface area (Å²) in [5.41, 5.74) is 2.35. The normalized spacial score (nSPS) is 24.2. The fourth-order valence-corrected chi connectivity index (χ4v) is 3.39. The second kappa shape index (κ2) is 7.95. The van der Waals surface area contributed by atoms with E-state index in [1.807, 2.05) is 0 Å². The van der Waals surface area contributed by atoms with Gasteiger partial charge in [0.05, 0.1) is 6.10 Å². The molecule has 0 aliphatic heterocycles. The van der Waals surface area contributed by atoms with E-state index < -0.39 is 6.10 Å². The molecule has 3 atom stereocenters. The van der Waals surface area contributed by atoms with Crippen LogP contribution in [-0.2, 0) is 0 Å². The van der Waals surface area contributed by atoms with Crippen molar-refractivity contribution >= 4 is 0 Å². The van der Waals surface area contributed by atoms with Gasteiger partial charge < -0.3 is 10.4 Å². The fourth-order valence-electron chi connectivity index (χ4n) is 3.39. The number of hydrogen-bond donors (Lipinski definition) is 2. The van der Waals surface area contributed by atoms with Gasteiger partial charge in [0, 0.05) is 6.54 Å². The summed E-state index contributed by atoms with van der Waals surface area (Å²) in [6.45, 7) is 8.45. The Kier molecular flexibility index (Phi) is 6.25. The first-order valence-corrected chi connectivity index (χ1v) is 8.55. The Hall–Kier alpha value is -0.860. The predicted octanol–water partition coefficient (Wildman–Crippen LogP) is 4.26. The van der Waals surface area contributed by atoms with Gasteiger partial charge in [-0.15, -0.1) is 0 Å². The van der Waals surface area contributed by atoms with Crippen LogP contribution in [0.5, 0.6) is 0 Å². The first kappa shape index (κ1) is 16.5. The maximum atomic E-state index is 10.3. The smallest absolute Gasteiger partial charge is 0.0914 e. The molecule has 21 heavy (non-hydrogen) atoms. The zero-order valence-electron chi connectivity index (χ0n) is 13.8. The van der Waals surface area contributed by atoms with E-state index >= 15 is 0 Å². The molecule has 118 valence electrons. The van der Waals surface area contributed by atoms with Gasteiger partial charge in [-0.05, 0) is 48.3 Å². The van der Waals surface area contributed by atoms with Crippen LogP contribution in [0.4, 0.5) is 0 Å². The first-order chi connectivity index (χ1) is 10.1. The molecule has 2 nitrogen and oxygen atoms in total. The Bertz CT molecular complexity index is 412. The minimum atomic E-state index is -0.396. The highest BCUT2D eigenvalue weighted by Gasteiger charge is 2.18. The van der Waals surface area contributed by atoms with Crippen molar-refractivity contribution in [3.63, 3.8) is 0 Å². The molecule has 0 radical (unpaired) electrons. The summed E-state index contributed by atoms with van der Waals surface area (Å²) in [6, 6.07) is 8.38. The number of nitrogens with one attached hydrogen (secondary N) is 1. The highest BCUT2D eigenvalue weighted by Crippen LogP contribution is 2.28. The van der Waals surface area contributed by atoms with Gasteiger partial charge in [-0.25, -0.2) is 0 Å². The van der Waals surface area contributed by atoms with E-state index in [4.69, 9.17) is 0 Å². The molecule has 1 saturated carbocycles. The molecule has 2 N–H and O–H groups in total. The van der Waals surface area contributed by atoms with Crippen molar-refractivity contribution in [2.75, 3.05) is 13.1 Å². The van der Waals surface area contributed by atoms with E-state index in [2.05, 4.69) is 50.4 Å². The van der Waals surface area contributed by atoms with Crippen LogP contribution in [0.3, 0.4) is 0 Å². The summed E-state index contributed by atoms with van der Waals surface area (Å²) in [6.07, 6.45) is 5.05. The molecule has 2 heteroatoms. The van der Waals surface area contributed by atoms with Crippen LogP contribution in [0.2, 0.25) is 0 Å². The number of benzene rings is 1. The van der Waals surface area contributed by atoms with Crippen molar-refractivity contribution in [1.29, 1.82) is 0 Å². The quantitative estimate of drug-likeness (QED) is 0.820. The fraction of sp³-hybridized carbons (Fsp3) is 0.684. The molecular weight excluding hydrogens is 258 g/mol. The topological polar surface area (TPSA) is 32.3 Å². The van der Waals surface area contributed by atoms with E-state index in [1.54, 1.807) is 0 Å². The van der Waals surface area contributed by atoms with E-state index in [-0.39, 0.29) is 0 Å². The average Bonchev–Trinajstić information content (AvgIpc) is 2.47. The van der Waals surface area contributed by atoms with Crippen molar-refractivity contribution in [2.24, 2.45) is 11.8 Å². The van der Waals surface area contributed by atoms with Gasteiger partial charge in [0.1, 0.15) is 0 Å². The number of rotatable bonds is 6. The van der Waals surface area contributed by atoms with Gasteiger partial charge in [0.15, 0.2) is 0 Å². The maximum Gasteiger partial charge on any atom is 0.0914 e. The van der Waals surface area contributed by atoms with Gasteiger partial charge in [-0.1, -0.05) is 57.9 Å². The van der Waals surface area contributed by atoms with Crippen LogP contribution in [0.25, 0.3) is 0 Å².